The highest BCUT2D eigenvalue weighted by Crippen LogP contribution is 2.26. The standard InChI is InChI=1S/C18H16FN3O3S2/c1-10-7-13(8-16(11(10)2)27(20,24)25)17(23)22-18-21-15(9-26-18)12-3-5-14(19)6-4-12/h3-9H,1-2H3,(H2,20,24,25)(H,21,22,23). The molecule has 0 spiro atoms. The number of hydrogen-bond donors (Lipinski definition) is 2. The van der Waals surface area contributed by atoms with E-state index in [-0.39, 0.29) is 16.3 Å². The topological polar surface area (TPSA) is 102 Å². The van der Waals surface area contributed by atoms with Gasteiger partial charge in [-0.2, -0.15) is 0 Å². The third-order valence-corrected chi connectivity index (χ3v) is 5.85. The number of hydrogen-bond acceptors (Lipinski definition) is 5. The zero-order valence-electron chi connectivity index (χ0n) is 14.5. The molecule has 140 valence electrons. The van der Waals surface area contributed by atoms with Gasteiger partial charge in [-0.25, -0.2) is 22.9 Å². The van der Waals surface area contributed by atoms with E-state index in [9.17, 15) is 17.6 Å². The third kappa shape index (κ3) is 4.21. The molecule has 6 nitrogen and oxygen atoms in total. The maximum absolute atomic E-state index is 13.0. The molecule has 27 heavy (non-hydrogen) atoms. The zero-order chi connectivity index (χ0) is 19.8. The van der Waals surface area contributed by atoms with Gasteiger partial charge in [-0.15, -0.1) is 11.3 Å². The molecule has 0 atom stereocenters. The van der Waals surface area contributed by atoms with Crippen LogP contribution in [0.5, 0.6) is 0 Å². The van der Waals surface area contributed by atoms with E-state index in [0.29, 0.717) is 22.0 Å². The predicted molar refractivity (Wildman–Crippen MR) is 103 cm³/mol. The van der Waals surface area contributed by atoms with E-state index < -0.39 is 15.9 Å². The van der Waals surface area contributed by atoms with E-state index in [1.165, 1.54) is 29.5 Å². The summed E-state index contributed by atoms with van der Waals surface area (Å²) in [6.07, 6.45) is 0. The second-order valence-corrected chi connectivity index (χ2v) is 8.35. The van der Waals surface area contributed by atoms with Crippen molar-refractivity contribution >= 4 is 32.4 Å². The molecule has 3 rings (SSSR count). The van der Waals surface area contributed by atoms with E-state index >= 15 is 0 Å². The number of sulfonamides is 1. The highest BCUT2D eigenvalue weighted by atomic mass is 32.2. The average Bonchev–Trinajstić information content (AvgIpc) is 3.05. The SMILES string of the molecule is Cc1cc(C(=O)Nc2nc(-c3ccc(F)cc3)cs2)cc(S(N)(=O)=O)c1C. The monoisotopic (exact) mass is 405 g/mol. The number of aromatic nitrogens is 1. The van der Waals surface area contributed by atoms with Gasteiger partial charge < -0.3 is 0 Å². The summed E-state index contributed by atoms with van der Waals surface area (Å²) < 4.78 is 36.5. The Labute approximate surface area is 159 Å². The molecule has 1 heterocycles. The molecule has 0 radical (unpaired) electrons. The van der Waals surface area contributed by atoms with Crippen LogP contribution in [0.1, 0.15) is 21.5 Å². The van der Waals surface area contributed by atoms with Crippen molar-refractivity contribution in [2.24, 2.45) is 5.14 Å². The number of primary sulfonamides is 1. The van der Waals surface area contributed by atoms with Crippen molar-refractivity contribution in [1.29, 1.82) is 0 Å². The second-order valence-electron chi connectivity index (χ2n) is 5.96. The fourth-order valence-electron chi connectivity index (χ4n) is 2.51. The van der Waals surface area contributed by atoms with E-state index in [0.717, 1.165) is 5.56 Å². The number of nitrogens with one attached hydrogen (secondary N) is 1. The Balaban J connectivity index is 1.86. The number of carbonyl (C=O) groups excluding carboxylic acids is 1. The number of benzene rings is 2. The Hall–Kier alpha value is -2.62. The van der Waals surface area contributed by atoms with Gasteiger partial charge in [0.2, 0.25) is 10.0 Å². The van der Waals surface area contributed by atoms with Gasteiger partial charge in [-0.05, 0) is 61.4 Å². The van der Waals surface area contributed by atoms with Crippen molar-refractivity contribution in [2.45, 2.75) is 18.7 Å². The van der Waals surface area contributed by atoms with Crippen molar-refractivity contribution < 1.29 is 17.6 Å². The van der Waals surface area contributed by atoms with Crippen LogP contribution in [0, 0.1) is 19.7 Å². The van der Waals surface area contributed by atoms with Crippen molar-refractivity contribution in [3.8, 4) is 11.3 Å². The van der Waals surface area contributed by atoms with Crippen LogP contribution in [0.4, 0.5) is 9.52 Å². The van der Waals surface area contributed by atoms with Crippen molar-refractivity contribution in [3.63, 3.8) is 0 Å². The summed E-state index contributed by atoms with van der Waals surface area (Å²) in [6, 6.07) is 8.69. The predicted octanol–water partition coefficient (Wildman–Crippen LogP) is 3.47. The maximum Gasteiger partial charge on any atom is 0.257 e. The molecule has 3 aromatic rings. The van der Waals surface area contributed by atoms with Gasteiger partial charge in [0, 0.05) is 16.5 Å². The normalized spacial score (nSPS) is 11.4. The van der Waals surface area contributed by atoms with Crippen LogP contribution < -0.4 is 10.5 Å². The first-order chi connectivity index (χ1) is 12.6. The minimum atomic E-state index is -3.94. The third-order valence-electron chi connectivity index (χ3n) is 4.05. The second kappa shape index (κ2) is 7.18. The highest BCUT2D eigenvalue weighted by molar-refractivity contribution is 7.89. The number of amides is 1. The number of aryl methyl sites for hydroxylation is 1. The number of anilines is 1. The minimum absolute atomic E-state index is 0.0845. The molecule has 9 heteroatoms. The van der Waals surface area contributed by atoms with Crippen molar-refractivity contribution in [3.05, 3.63) is 64.3 Å². The van der Waals surface area contributed by atoms with E-state index in [1.807, 2.05) is 0 Å². The lowest BCUT2D eigenvalue weighted by Crippen LogP contribution is -2.17. The minimum Gasteiger partial charge on any atom is -0.298 e. The Kier molecular flexibility index (Phi) is 5.09. The van der Waals surface area contributed by atoms with Gasteiger partial charge in [0.25, 0.3) is 5.91 Å². The van der Waals surface area contributed by atoms with Gasteiger partial charge >= 0.3 is 0 Å². The fraction of sp³-hybridized carbons (Fsp3) is 0.111. The van der Waals surface area contributed by atoms with Crippen LogP contribution >= 0.6 is 11.3 Å². The van der Waals surface area contributed by atoms with Crippen molar-refractivity contribution in [1.82, 2.24) is 4.98 Å². The summed E-state index contributed by atoms with van der Waals surface area (Å²) in [5.41, 5.74) is 2.62. The van der Waals surface area contributed by atoms with E-state index in [4.69, 9.17) is 5.14 Å². The molecule has 0 bridgehead atoms. The lowest BCUT2D eigenvalue weighted by Gasteiger charge is -2.10. The summed E-state index contributed by atoms with van der Waals surface area (Å²) in [6.45, 7) is 3.34. The summed E-state index contributed by atoms with van der Waals surface area (Å²) >= 11 is 1.21. The van der Waals surface area contributed by atoms with E-state index in [1.54, 1.807) is 37.4 Å². The summed E-state index contributed by atoms with van der Waals surface area (Å²) in [7, 11) is -3.94. The molecule has 0 saturated heterocycles. The lowest BCUT2D eigenvalue weighted by atomic mass is 10.1. The van der Waals surface area contributed by atoms with Crippen LogP contribution in [0.2, 0.25) is 0 Å². The number of thiazole rings is 1. The lowest BCUT2D eigenvalue weighted by molar-refractivity contribution is 0.102. The molecule has 3 N–H and O–H groups in total. The maximum atomic E-state index is 13.0. The summed E-state index contributed by atoms with van der Waals surface area (Å²) in [5, 5.41) is 9.95. The number of halogens is 1. The smallest absolute Gasteiger partial charge is 0.257 e. The molecule has 0 unspecified atom stereocenters. The van der Waals surface area contributed by atoms with Gasteiger partial charge in [0.1, 0.15) is 5.82 Å². The van der Waals surface area contributed by atoms with Crippen LogP contribution in [0.25, 0.3) is 11.3 Å². The fourth-order valence-corrected chi connectivity index (χ4v) is 4.10. The van der Waals surface area contributed by atoms with Crippen molar-refractivity contribution in [2.75, 3.05) is 5.32 Å². The van der Waals surface area contributed by atoms with Gasteiger partial charge in [-0.3, -0.25) is 10.1 Å². The number of rotatable bonds is 4. The molecule has 1 aromatic heterocycles. The van der Waals surface area contributed by atoms with Crippen LogP contribution in [0.3, 0.4) is 0 Å². The molecule has 1 amide bonds. The first-order valence-corrected chi connectivity index (χ1v) is 10.2. The number of carbonyl (C=O) groups is 1. The molecule has 0 aliphatic heterocycles. The Morgan fingerprint density at radius 3 is 2.48 bits per heavy atom. The molecule has 0 aliphatic rings. The Morgan fingerprint density at radius 1 is 1.19 bits per heavy atom. The number of nitrogens with two attached hydrogens (primary N) is 1. The Morgan fingerprint density at radius 2 is 1.85 bits per heavy atom. The largest absolute Gasteiger partial charge is 0.298 e. The quantitative estimate of drug-likeness (QED) is 0.694. The molecular weight excluding hydrogens is 389 g/mol. The average molecular weight is 405 g/mol. The molecule has 0 saturated carbocycles. The van der Waals surface area contributed by atoms with E-state index in [2.05, 4.69) is 10.3 Å². The molecule has 0 aliphatic carbocycles. The van der Waals surface area contributed by atoms with Gasteiger partial charge in [0.15, 0.2) is 5.13 Å². The first kappa shape index (κ1) is 19.2. The highest BCUT2D eigenvalue weighted by Gasteiger charge is 2.18. The van der Waals surface area contributed by atoms with Crippen LogP contribution in [-0.2, 0) is 10.0 Å². The first-order valence-electron chi connectivity index (χ1n) is 7.82. The Bertz CT molecular complexity index is 1120. The molecular formula is C18H16FN3O3S2. The van der Waals surface area contributed by atoms with Crippen LogP contribution in [-0.4, -0.2) is 19.3 Å². The molecule has 2 aromatic carbocycles. The van der Waals surface area contributed by atoms with Gasteiger partial charge in [0.05, 0.1) is 10.6 Å². The van der Waals surface area contributed by atoms with Gasteiger partial charge in [-0.1, -0.05) is 0 Å². The number of nitrogens with zero attached hydrogens (tertiary/aromatic N) is 1. The molecule has 0 fully saturated rings. The zero-order valence-corrected chi connectivity index (χ0v) is 16.1. The van der Waals surface area contributed by atoms with Crippen LogP contribution in [0.15, 0.2) is 46.7 Å². The summed E-state index contributed by atoms with van der Waals surface area (Å²) in [4.78, 5) is 16.7. The summed E-state index contributed by atoms with van der Waals surface area (Å²) in [5.74, 6) is -0.842.